The van der Waals surface area contributed by atoms with Crippen molar-refractivity contribution in [3.63, 3.8) is 0 Å². The number of phenolic OH excluding ortho intramolecular Hbond substituents is 1. The Morgan fingerprint density at radius 3 is 2.44 bits per heavy atom. The molecule has 2 saturated heterocycles. The van der Waals surface area contributed by atoms with Crippen molar-refractivity contribution in [3.05, 3.63) is 52.5 Å². The van der Waals surface area contributed by atoms with Crippen LogP contribution in [0.5, 0.6) is 17.2 Å². The second-order valence-electron chi connectivity index (χ2n) is 11.1. The number of aliphatic hydroxyl groups is 2. The van der Waals surface area contributed by atoms with E-state index in [2.05, 4.69) is 4.90 Å². The number of carbonyl (C=O) groups excluding carboxylic acids is 1. The summed E-state index contributed by atoms with van der Waals surface area (Å²) in [5, 5.41) is 39.6. The summed E-state index contributed by atoms with van der Waals surface area (Å²) >= 11 is 6.13. The molecule has 5 rings (SSSR count). The Hall–Kier alpha value is -3.30. The molecule has 236 valence electrons. The summed E-state index contributed by atoms with van der Waals surface area (Å²) < 4.78 is 43.8. The Morgan fingerprint density at radius 1 is 1.16 bits per heavy atom. The lowest BCUT2D eigenvalue weighted by atomic mass is 9.87. The van der Waals surface area contributed by atoms with Gasteiger partial charge in [0.05, 0.1) is 12.1 Å². The van der Waals surface area contributed by atoms with E-state index < -0.39 is 29.8 Å². The van der Waals surface area contributed by atoms with Gasteiger partial charge in [0, 0.05) is 50.0 Å². The minimum absolute atomic E-state index is 0.00766. The molecule has 15 heteroatoms. The highest BCUT2D eigenvalue weighted by Crippen LogP contribution is 2.42. The van der Waals surface area contributed by atoms with Crippen LogP contribution in [0.25, 0.3) is 0 Å². The largest absolute Gasteiger partial charge is 0.508 e. The Balaban J connectivity index is 0.000000541. The predicted octanol–water partition coefficient (Wildman–Crippen LogP) is 3.03. The summed E-state index contributed by atoms with van der Waals surface area (Å²) in [4.78, 5) is 29.3. The first kappa shape index (κ1) is 32.6. The molecule has 0 saturated carbocycles. The number of hydroxylamine groups is 2. The van der Waals surface area contributed by atoms with Gasteiger partial charge >= 0.3 is 12.1 Å². The first-order chi connectivity index (χ1) is 20.1. The first-order valence-corrected chi connectivity index (χ1v) is 13.7. The van der Waals surface area contributed by atoms with Crippen LogP contribution in [0.15, 0.2) is 36.4 Å². The molecule has 3 aliphatic heterocycles. The Morgan fingerprint density at radius 2 is 1.84 bits per heavy atom. The molecular formula is C28H32ClF3N2O9. The zero-order valence-electron chi connectivity index (χ0n) is 23.1. The second-order valence-corrected chi connectivity index (χ2v) is 11.5. The van der Waals surface area contributed by atoms with Crippen molar-refractivity contribution in [2.75, 3.05) is 39.4 Å². The van der Waals surface area contributed by atoms with Gasteiger partial charge in [-0.15, -0.1) is 0 Å². The average Bonchev–Trinajstić information content (AvgIpc) is 3.47. The lowest BCUT2D eigenvalue weighted by Crippen LogP contribution is -2.49. The minimum atomic E-state index is -5.08. The van der Waals surface area contributed by atoms with Crippen LogP contribution in [0.2, 0.25) is 5.02 Å². The first-order valence-electron chi connectivity index (χ1n) is 13.4. The fourth-order valence-corrected chi connectivity index (χ4v) is 5.25. The summed E-state index contributed by atoms with van der Waals surface area (Å²) in [5.74, 6) is -2.27. The third-order valence-electron chi connectivity index (χ3n) is 7.21. The van der Waals surface area contributed by atoms with E-state index in [1.807, 2.05) is 18.2 Å². The van der Waals surface area contributed by atoms with Gasteiger partial charge in [0.15, 0.2) is 0 Å². The van der Waals surface area contributed by atoms with Gasteiger partial charge in [0.1, 0.15) is 47.8 Å². The number of phenols is 1. The number of benzene rings is 2. The number of hydrogen-bond acceptors (Lipinski definition) is 9. The van der Waals surface area contributed by atoms with Crippen molar-refractivity contribution in [3.8, 4) is 17.2 Å². The van der Waals surface area contributed by atoms with Crippen molar-refractivity contribution in [2.45, 2.75) is 49.7 Å². The average molecular weight is 633 g/mol. The van der Waals surface area contributed by atoms with Crippen molar-refractivity contribution in [1.82, 2.24) is 9.96 Å². The molecule has 0 aliphatic carbocycles. The van der Waals surface area contributed by atoms with Gasteiger partial charge in [0.25, 0.3) is 5.91 Å². The van der Waals surface area contributed by atoms with E-state index in [9.17, 15) is 33.3 Å². The Kier molecular flexibility index (Phi) is 9.66. The number of halogens is 4. The van der Waals surface area contributed by atoms with Crippen LogP contribution in [0, 0.1) is 0 Å². The number of carboxylic acid groups (broad SMARTS) is 1. The van der Waals surface area contributed by atoms with Crippen LogP contribution in [0.4, 0.5) is 13.2 Å². The third kappa shape index (κ3) is 8.42. The molecule has 2 fully saturated rings. The van der Waals surface area contributed by atoms with Gasteiger partial charge in [-0.2, -0.15) is 13.2 Å². The van der Waals surface area contributed by atoms with Gasteiger partial charge in [-0.05, 0) is 42.8 Å². The maximum atomic E-state index is 12.9. The van der Waals surface area contributed by atoms with Gasteiger partial charge in [-0.1, -0.05) is 11.6 Å². The molecule has 3 aliphatic rings. The number of aromatic hydroxyl groups is 1. The zero-order valence-corrected chi connectivity index (χ0v) is 23.9. The van der Waals surface area contributed by atoms with E-state index in [-0.39, 0.29) is 42.4 Å². The molecule has 2 aromatic rings. The number of piperidine rings is 1. The monoisotopic (exact) mass is 632 g/mol. The molecule has 11 nitrogen and oxygen atoms in total. The van der Waals surface area contributed by atoms with Gasteiger partial charge in [-0.25, -0.2) is 9.86 Å². The third-order valence-corrected chi connectivity index (χ3v) is 7.44. The van der Waals surface area contributed by atoms with Gasteiger partial charge < -0.3 is 34.8 Å². The van der Waals surface area contributed by atoms with Crippen LogP contribution in [0.3, 0.4) is 0 Å². The number of alkyl halides is 3. The van der Waals surface area contributed by atoms with Crippen molar-refractivity contribution < 1.29 is 57.5 Å². The van der Waals surface area contributed by atoms with Crippen molar-refractivity contribution >= 4 is 23.5 Å². The quantitative estimate of drug-likeness (QED) is 0.374. The molecule has 1 spiro atoms. The van der Waals surface area contributed by atoms with Crippen LogP contribution >= 0.6 is 11.6 Å². The molecule has 1 amide bonds. The van der Waals surface area contributed by atoms with Crippen LogP contribution < -0.4 is 9.47 Å². The second kappa shape index (κ2) is 12.7. The smallest absolute Gasteiger partial charge is 0.490 e. The molecule has 0 unspecified atom stereocenters. The van der Waals surface area contributed by atoms with Crippen molar-refractivity contribution in [1.29, 1.82) is 0 Å². The lowest BCUT2D eigenvalue weighted by Gasteiger charge is -2.39. The SMILES string of the molecule is C[C@]1(O)CON(C(=O)c2ccc(O)cc2OC[C@@H](O)CN2CCC3(CC2)Cc2cc(Cl)ccc2O3)C1.O=C(O)C(F)(F)F. The maximum absolute atomic E-state index is 12.9. The number of carboxylic acids is 1. The number of ether oxygens (including phenoxy) is 2. The minimum Gasteiger partial charge on any atom is -0.508 e. The number of rotatable bonds is 6. The van der Waals surface area contributed by atoms with E-state index in [0.29, 0.717) is 11.6 Å². The summed E-state index contributed by atoms with van der Waals surface area (Å²) in [6.45, 7) is 3.53. The van der Waals surface area contributed by atoms with Crippen molar-refractivity contribution in [2.24, 2.45) is 0 Å². The van der Waals surface area contributed by atoms with E-state index in [4.69, 9.17) is 35.8 Å². The number of amides is 1. The summed E-state index contributed by atoms with van der Waals surface area (Å²) in [6, 6.07) is 9.90. The molecule has 43 heavy (non-hydrogen) atoms. The normalized spacial score (nSPS) is 21.9. The molecule has 2 atom stereocenters. The van der Waals surface area contributed by atoms with Gasteiger partial charge in [-0.3, -0.25) is 9.63 Å². The number of aliphatic hydroxyl groups excluding tert-OH is 1. The van der Waals surface area contributed by atoms with Gasteiger partial charge in [0.2, 0.25) is 0 Å². The Labute approximate surface area is 249 Å². The topological polar surface area (TPSA) is 149 Å². The predicted molar refractivity (Wildman–Crippen MR) is 145 cm³/mol. The number of β-amino-alcohol motifs (C(OH)–C–C–N with tert-alkyl or cyclic N) is 2. The molecule has 0 aromatic heterocycles. The number of carbonyl (C=O) groups is 2. The van der Waals surface area contributed by atoms with Crippen LogP contribution in [-0.2, 0) is 16.1 Å². The van der Waals surface area contributed by atoms with Crippen LogP contribution in [0.1, 0.15) is 35.7 Å². The maximum Gasteiger partial charge on any atom is 0.490 e. The number of hydrogen-bond donors (Lipinski definition) is 4. The molecular weight excluding hydrogens is 601 g/mol. The number of fused-ring (bicyclic) bond motifs is 1. The van der Waals surface area contributed by atoms with Crippen LogP contribution in [-0.4, -0.2) is 105 Å². The standard InChI is InChI=1S/C26H31ClN2O7.C2HF3O2/c1-25(33)15-29(35-16-25)24(32)21-4-3-19(30)11-23(21)34-14-20(31)13-28-8-6-26(7-9-28)12-17-10-18(27)2-5-22(17)36-26;3-2(4,5)1(6)7/h2-5,10-11,20,30-31,33H,6-9,12-16H2,1H3;(H,6,7)/t20-,25+;/m0./s1. The van der Waals surface area contributed by atoms with E-state index in [1.54, 1.807) is 6.92 Å². The fourth-order valence-electron chi connectivity index (χ4n) is 5.05. The fraction of sp³-hybridized carbons (Fsp3) is 0.500. The number of aliphatic carboxylic acids is 1. The highest BCUT2D eigenvalue weighted by molar-refractivity contribution is 6.30. The molecule has 3 heterocycles. The zero-order chi connectivity index (χ0) is 31.6. The summed E-state index contributed by atoms with van der Waals surface area (Å²) in [7, 11) is 0. The van der Waals surface area contributed by atoms with E-state index in [0.717, 1.165) is 48.7 Å². The molecule has 0 bridgehead atoms. The summed E-state index contributed by atoms with van der Waals surface area (Å²) in [6.07, 6.45) is -3.35. The Bertz CT molecular complexity index is 1330. The number of nitrogens with zero attached hydrogens (tertiary/aromatic N) is 2. The van der Waals surface area contributed by atoms with E-state index in [1.165, 1.54) is 18.2 Å². The molecule has 4 N–H and O–H groups in total. The molecule has 2 aromatic carbocycles. The number of likely N-dealkylation sites (tertiary alicyclic amines) is 1. The van der Waals surface area contributed by atoms with E-state index >= 15 is 0 Å². The molecule has 0 radical (unpaired) electrons. The highest BCUT2D eigenvalue weighted by atomic mass is 35.5. The highest BCUT2D eigenvalue weighted by Gasteiger charge is 2.42. The summed E-state index contributed by atoms with van der Waals surface area (Å²) in [5.41, 5.74) is -0.0280. The lowest BCUT2D eigenvalue weighted by molar-refractivity contribution is -0.192.